The highest BCUT2D eigenvalue weighted by atomic mass is 32.1. The number of ether oxygens (including phenoxy) is 1. The highest BCUT2D eigenvalue weighted by Gasteiger charge is 2.17. The summed E-state index contributed by atoms with van der Waals surface area (Å²) in [4.78, 5) is 17.4. The SMILES string of the molecule is CC.O=C(Nc1ccccc1C1=CCNCC1)c1csc(-c2ccc3c(c2)CCO3)n1.[HH].[HH]. The van der Waals surface area contributed by atoms with Crippen LogP contribution in [0.15, 0.2) is 53.9 Å². The first-order chi connectivity index (χ1) is 15.3. The predicted molar refractivity (Wildman–Crippen MR) is 132 cm³/mol. The van der Waals surface area contributed by atoms with Crippen LogP contribution in [0.5, 0.6) is 5.75 Å². The number of amides is 1. The van der Waals surface area contributed by atoms with Crippen LogP contribution in [0.25, 0.3) is 16.1 Å². The Labute approximate surface area is 190 Å². The average molecular weight is 438 g/mol. The number of hydrogen-bond acceptors (Lipinski definition) is 5. The van der Waals surface area contributed by atoms with Crippen molar-refractivity contribution >= 4 is 28.5 Å². The number of rotatable bonds is 4. The molecule has 0 fully saturated rings. The first kappa shape index (κ1) is 21.3. The number of carbonyl (C=O) groups is 1. The third kappa shape index (κ3) is 4.70. The summed E-state index contributed by atoms with van der Waals surface area (Å²) >= 11 is 1.49. The molecule has 0 saturated heterocycles. The van der Waals surface area contributed by atoms with E-state index in [0.717, 1.165) is 60.1 Å². The number of anilines is 1. The van der Waals surface area contributed by atoms with Gasteiger partial charge in [-0.2, -0.15) is 0 Å². The molecular formula is C25H31N3O2S. The average Bonchev–Trinajstić information content (AvgIpc) is 3.51. The molecule has 3 heterocycles. The van der Waals surface area contributed by atoms with Gasteiger partial charge in [0.25, 0.3) is 5.91 Å². The number of para-hydroxylation sites is 1. The standard InChI is InChI=1S/C23H21N3O2S.C2H6.2H2/c27-22(25-19-4-2-1-3-18(19)15-7-10-24-11-8-15)20-14-29-23(26-20)17-5-6-21-16(13-17)9-12-28-21;1-2;;/h1-7,13-14,24H,8-12H2,(H,25,27);1-2H3;2*1H. The largest absolute Gasteiger partial charge is 0.493 e. The van der Waals surface area contributed by atoms with Crippen molar-refractivity contribution in [2.45, 2.75) is 26.7 Å². The lowest BCUT2D eigenvalue weighted by atomic mass is 9.98. The van der Waals surface area contributed by atoms with Crippen LogP contribution in [-0.2, 0) is 6.42 Å². The molecule has 5 nitrogen and oxygen atoms in total. The second-order valence-corrected chi connectivity index (χ2v) is 8.00. The van der Waals surface area contributed by atoms with E-state index in [1.54, 1.807) is 0 Å². The molecule has 2 N–H and O–H groups in total. The summed E-state index contributed by atoms with van der Waals surface area (Å²) in [5.74, 6) is 0.770. The van der Waals surface area contributed by atoms with Crippen LogP contribution in [0.2, 0.25) is 0 Å². The Balaban J connectivity index is 0.000000939. The molecule has 2 aromatic carbocycles. The molecule has 164 valence electrons. The topological polar surface area (TPSA) is 63.2 Å². The summed E-state index contributed by atoms with van der Waals surface area (Å²) < 4.78 is 5.57. The maximum absolute atomic E-state index is 12.9. The Morgan fingerprint density at radius 3 is 2.90 bits per heavy atom. The fourth-order valence-corrected chi connectivity index (χ4v) is 4.55. The van der Waals surface area contributed by atoms with Gasteiger partial charge in [-0.15, -0.1) is 11.3 Å². The van der Waals surface area contributed by atoms with Gasteiger partial charge in [0.15, 0.2) is 0 Å². The molecule has 1 amide bonds. The van der Waals surface area contributed by atoms with Crippen molar-refractivity contribution in [3.05, 3.63) is 70.7 Å². The number of aromatic nitrogens is 1. The van der Waals surface area contributed by atoms with Gasteiger partial charge in [0, 0.05) is 38.0 Å². The predicted octanol–water partition coefficient (Wildman–Crippen LogP) is 5.89. The number of thiazole rings is 1. The molecule has 0 aliphatic carbocycles. The van der Waals surface area contributed by atoms with Gasteiger partial charge in [0.05, 0.1) is 6.61 Å². The van der Waals surface area contributed by atoms with Gasteiger partial charge in [0.2, 0.25) is 0 Å². The van der Waals surface area contributed by atoms with E-state index >= 15 is 0 Å². The molecule has 31 heavy (non-hydrogen) atoms. The Morgan fingerprint density at radius 1 is 1.19 bits per heavy atom. The number of carbonyl (C=O) groups excluding carboxylic acids is 1. The number of fused-ring (bicyclic) bond motifs is 1. The minimum atomic E-state index is -0.182. The van der Waals surface area contributed by atoms with Crippen LogP contribution in [0.3, 0.4) is 0 Å². The fraction of sp³-hybridized carbons (Fsp3) is 0.280. The van der Waals surface area contributed by atoms with E-state index in [-0.39, 0.29) is 8.76 Å². The van der Waals surface area contributed by atoms with Crippen molar-refractivity contribution in [3.8, 4) is 16.3 Å². The third-order valence-electron chi connectivity index (χ3n) is 5.26. The summed E-state index contributed by atoms with van der Waals surface area (Å²) in [6.45, 7) is 6.55. The van der Waals surface area contributed by atoms with Crippen molar-refractivity contribution in [1.82, 2.24) is 10.3 Å². The van der Waals surface area contributed by atoms with Gasteiger partial charge in [-0.25, -0.2) is 4.98 Å². The van der Waals surface area contributed by atoms with Crippen molar-refractivity contribution in [3.63, 3.8) is 0 Å². The Morgan fingerprint density at radius 2 is 2.06 bits per heavy atom. The van der Waals surface area contributed by atoms with Gasteiger partial charge in [0.1, 0.15) is 16.5 Å². The van der Waals surface area contributed by atoms with Crippen LogP contribution >= 0.6 is 11.3 Å². The molecule has 0 radical (unpaired) electrons. The van der Waals surface area contributed by atoms with E-state index in [4.69, 9.17) is 4.74 Å². The minimum absolute atomic E-state index is 0. The quantitative estimate of drug-likeness (QED) is 0.534. The van der Waals surface area contributed by atoms with Crippen molar-refractivity contribution in [1.29, 1.82) is 0 Å². The zero-order valence-corrected chi connectivity index (χ0v) is 18.7. The zero-order chi connectivity index (χ0) is 21.6. The van der Waals surface area contributed by atoms with Gasteiger partial charge >= 0.3 is 0 Å². The normalized spacial score (nSPS) is 14.6. The maximum atomic E-state index is 12.9. The van der Waals surface area contributed by atoms with Gasteiger partial charge in [-0.3, -0.25) is 4.79 Å². The smallest absolute Gasteiger partial charge is 0.275 e. The lowest BCUT2D eigenvalue weighted by molar-refractivity contribution is 0.102. The third-order valence-corrected chi connectivity index (χ3v) is 6.15. The molecule has 0 bridgehead atoms. The zero-order valence-electron chi connectivity index (χ0n) is 17.9. The molecule has 6 heteroatoms. The number of hydrogen-bond donors (Lipinski definition) is 2. The second kappa shape index (κ2) is 9.90. The van der Waals surface area contributed by atoms with Gasteiger partial charge < -0.3 is 15.4 Å². The summed E-state index contributed by atoms with van der Waals surface area (Å²) in [7, 11) is 0. The molecule has 0 unspecified atom stereocenters. The monoisotopic (exact) mass is 437 g/mol. The van der Waals surface area contributed by atoms with Crippen LogP contribution in [-0.4, -0.2) is 30.6 Å². The Hall–Kier alpha value is -2.96. The van der Waals surface area contributed by atoms with E-state index in [1.807, 2.05) is 49.6 Å². The number of nitrogens with one attached hydrogen (secondary N) is 2. The summed E-state index contributed by atoms with van der Waals surface area (Å²) in [6, 6.07) is 14.1. The van der Waals surface area contributed by atoms with Crippen LogP contribution < -0.4 is 15.4 Å². The van der Waals surface area contributed by atoms with E-state index in [0.29, 0.717) is 5.69 Å². The Kier molecular flexibility index (Phi) is 6.79. The molecular weight excluding hydrogens is 406 g/mol. The highest BCUT2D eigenvalue weighted by Crippen LogP contribution is 2.32. The number of benzene rings is 2. The van der Waals surface area contributed by atoms with Crippen LogP contribution in [0.4, 0.5) is 5.69 Å². The van der Waals surface area contributed by atoms with E-state index in [9.17, 15) is 4.79 Å². The van der Waals surface area contributed by atoms with Gasteiger partial charge in [-0.05, 0) is 48.4 Å². The molecule has 0 atom stereocenters. The van der Waals surface area contributed by atoms with Crippen molar-refractivity contribution in [2.24, 2.45) is 0 Å². The first-order valence-electron chi connectivity index (χ1n) is 10.8. The highest BCUT2D eigenvalue weighted by molar-refractivity contribution is 7.13. The fourth-order valence-electron chi connectivity index (χ4n) is 3.76. The molecule has 2 aliphatic heterocycles. The summed E-state index contributed by atoms with van der Waals surface area (Å²) in [5, 5.41) is 9.05. The van der Waals surface area contributed by atoms with Gasteiger partial charge in [-0.1, -0.05) is 38.1 Å². The van der Waals surface area contributed by atoms with E-state index < -0.39 is 0 Å². The molecule has 3 aromatic rings. The molecule has 0 saturated carbocycles. The van der Waals surface area contributed by atoms with Crippen LogP contribution in [0, 0.1) is 0 Å². The lowest BCUT2D eigenvalue weighted by Crippen LogP contribution is -2.21. The minimum Gasteiger partial charge on any atom is -0.493 e. The molecule has 0 spiro atoms. The number of nitrogens with zero attached hydrogens (tertiary/aromatic N) is 1. The molecule has 2 aliphatic rings. The molecule has 5 rings (SSSR count). The first-order valence-corrected chi connectivity index (χ1v) is 11.7. The lowest BCUT2D eigenvalue weighted by Gasteiger charge is -2.17. The summed E-state index contributed by atoms with van der Waals surface area (Å²) in [6.07, 6.45) is 4.06. The maximum Gasteiger partial charge on any atom is 0.275 e. The van der Waals surface area contributed by atoms with E-state index in [2.05, 4.69) is 33.8 Å². The van der Waals surface area contributed by atoms with Crippen molar-refractivity contribution < 1.29 is 12.4 Å². The van der Waals surface area contributed by atoms with Crippen molar-refractivity contribution in [2.75, 3.05) is 25.0 Å². The second-order valence-electron chi connectivity index (χ2n) is 7.14. The molecule has 1 aromatic heterocycles. The van der Waals surface area contributed by atoms with E-state index in [1.165, 1.54) is 22.5 Å². The Bertz CT molecular complexity index is 1110. The summed E-state index contributed by atoms with van der Waals surface area (Å²) in [5.41, 5.74) is 5.84. The van der Waals surface area contributed by atoms with Crippen LogP contribution in [0.1, 0.15) is 44.7 Å².